The van der Waals surface area contributed by atoms with Gasteiger partial charge in [0.15, 0.2) is 6.10 Å². The van der Waals surface area contributed by atoms with Crippen LogP contribution in [-0.4, -0.2) is 48.8 Å². The number of esters is 1. The Morgan fingerprint density at radius 3 is 2.83 bits per heavy atom. The number of aliphatic hydroxyl groups is 1. The number of methoxy groups -OCH3 is 2. The van der Waals surface area contributed by atoms with E-state index in [9.17, 15) is 14.7 Å². The molecule has 0 bridgehead atoms. The first-order valence-corrected chi connectivity index (χ1v) is 5.13. The molecule has 2 N–H and O–H groups in total. The molecule has 1 unspecified atom stereocenters. The first kappa shape index (κ1) is 13.9. The molecule has 0 aliphatic carbocycles. The van der Waals surface area contributed by atoms with E-state index < -0.39 is 18.0 Å². The Bertz CT molecular complexity index is 435. The zero-order valence-corrected chi connectivity index (χ0v) is 10.0. The van der Waals surface area contributed by atoms with Gasteiger partial charge in [0.1, 0.15) is 5.56 Å². The van der Waals surface area contributed by atoms with Gasteiger partial charge in [0.25, 0.3) is 5.91 Å². The Balaban J connectivity index is 2.63. The van der Waals surface area contributed by atoms with Gasteiger partial charge in [-0.05, 0) is 12.1 Å². The Morgan fingerprint density at radius 2 is 2.22 bits per heavy atom. The molecule has 98 valence electrons. The van der Waals surface area contributed by atoms with Crippen molar-refractivity contribution in [3.63, 3.8) is 0 Å². The van der Waals surface area contributed by atoms with E-state index in [2.05, 4.69) is 15.0 Å². The maximum absolute atomic E-state index is 11.7. The number of aromatic nitrogens is 1. The van der Waals surface area contributed by atoms with Gasteiger partial charge < -0.3 is 19.9 Å². The Kier molecular flexibility index (Phi) is 5.06. The van der Waals surface area contributed by atoms with Crippen LogP contribution in [0, 0.1) is 0 Å². The van der Waals surface area contributed by atoms with Crippen LogP contribution in [0.3, 0.4) is 0 Å². The zero-order valence-electron chi connectivity index (χ0n) is 10.0. The molecule has 1 amide bonds. The number of aliphatic hydroxyl groups excluding tert-OH is 1. The summed E-state index contributed by atoms with van der Waals surface area (Å²) in [5.41, 5.74) is 0.220. The molecule has 0 spiro atoms. The number of hydrogen-bond acceptors (Lipinski definition) is 6. The Hall–Kier alpha value is -2.15. The third kappa shape index (κ3) is 3.42. The molecular formula is C11H14N2O5. The molecule has 7 heteroatoms. The summed E-state index contributed by atoms with van der Waals surface area (Å²) in [5.74, 6) is -1.14. The summed E-state index contributed by atoms with van der Waals surface area (Å²) in [6, 6.07) is 3.10. The normalized spacial score (nSPS) is 11.5. The van der Waals surface area contributed by atoms with Crippen molar-refractivity contribution >= 4 is 11.9 Å². The van der Waals surface area contributed by atoms with E-state index in [0.29, 0.717) is 0 Å². The van der Waals surface area contributed by atoms with Gasteiger partial charge in [-0.2, -0.15) is 0 Å². The molecule has 0 aliphatic rings. The lowest BCUT2D eigenvalue weighted by atomic mass is 10.2. The van der Waals surface area contributed by atoms with E-state index in [1.807, 2.05) is 0 Å². The second kappa shape index (κ2) is 6.55. The van der Waals surface area contributed by atoms with Crippen molar-refractivity contribution in [1.29, 1.82) is 0 Å². The molecule has 0 saturated carbocycles. The highest BCUT2D eigenvalue weighted by molar-refractivity contribution is 5.96. The Labute approximate surface area is 104 Å². The van der Waals surface area contributed by atoms with Crippen LogP contribution < -0.4 is 10.1 Å². The summed E-state index contributed by atoms with van der Waals surface area (Å²) >= 11 is 0. The van der Waals surface area contributed by atoms with E-state index >= 15 is 0 Å². The minimum absolute atomic E-state index is 0.169. The highest BCUT2D eigenvalue weighted by Gasteiger charge is 2.18. The van der Waals surface area contributed by atoms with E-state index in [0.717, 1.165) is 7.11 Å². The fourth-order valence-electron chi connectivity index (χ4n) is 1.23. The number of ether oxygens (including phenoxy) is 2. The van der Waals surface area contributed by atoms with Crippen LogP contribution in [0.4, 0.5) is 0 Å². The molecular weight excluding hydrogens is 240 g/mol. The van der Waals surface area contributed by atoms with E-state index in [1.54, 1.807) is 6.07 Å². The molecule has 0 aliphatic heterocycles. The van der Waals surface area contributed by atoms with Crippen LogP contribution in [0.15, 0.2) is 18.3 Å². The third-order valence-electron chi connectivity index (χ3n) is 2.14. The van der Waals surface area contributed by atoms with Gasteiger partial charge in [0.05, 0.1) is 20.8 Å². The smallest absolute Gasteiger partial charge is 0.336 e. The lowest BCUT2D eigenvalue weighted by Crippen LogP contribution is -2.37. The highest BCUT2D eigenvalue weighted by Crippen LogP contribution is 2.12. The lowest BCUT2D eigenvalue weighted by Gasteiger charge is -2.10. The van der Waals surface area contributed by atoms with Crippen LogP contribution in [0.5, 0.6) is 5.88 Å². The average Bonchev–Trinajstić information content (AvgIpc) is 2.43. The number of carbonyl (C=O) groups excluding carboxylic acids is 2. The van der Waals surface area contributed by atoms with Crippen molar-refractivity contribution in [3.8, 4) is 5.88 Å². The van der Waals surface area contributed by atoms with Crippen molar-refractivity contribution in [2.75, 3.05) is 20.8 Å². The maximum Gasteiger partial charge on any atom is 0.336 e. The van der Waals surface area contributed by atoms with Gasteiger partial charge in [0, 0.05) is 6.20 Å². The van der Waals surface area contributed by atoms with Crippen molar-refractivity contribution in [1.82, 2.24) is 10.3 Å². The summed E-state index contributed by atoms with van der Waals surface area (Å²) in [5, 5.41) is 11.7. The monoisotopic (exact) mass is 254 g/mol. The largest absolute Gasteiger partial charge is 0.480 e. The predicted molar refractivity (Wildman–Crippen MR) is 61.1 cm³/mol. The Morgan fingerprint density at radius 1 is 1.50 bits per heavy atom. The number of nitrogens with zero attached hydrogens (tertiary/aromatic N) is 1. The molecule has 1 atom stereocenters. The summed E-state index contributed by atoms with van der Waals surface area (Å²) in [7, 11) is 2.54. The van der Waals surface area contributed by atoms with Crippen LogP contribution in [0.2, 0.25) is 0 Å². The molecule has 7 nitrogen and oxygen atoms in total. The maximum atomic E-state index is 11.7. The molecule has 0 aromatic carbocycles. The number of hydrogen-bond donors (Lipinski definition) is 2. The zero-order chi connectivity index (χ0) is 13.5. The lowest BCUT2D eigenvalue weighted by molar-refractivity contribution is -0.149. The van der Waals surface area contributed by atoms with Crippen molar-refractivity contribution < 1.29 is 24.2 Å². The van der Waals surface area contributed by atoms with Gasteiger partial charge in [0.2, 0.25) is 5.88 Å². The summed E-state index contributed by atoms with van der Waals surface area (Å²) in [6.45, 7) is -0.246. The predicted octanol–water partition coefficient (Wildman–Crippen LogP) is -0.646. The topological polar surface area (TPSA) is 97.8 Å². The van der Waals surface area contributed by atoms with Gasteiger partial charge in [-0.3, -0.25) is 4.79 Å². The minimum Gasteiger partial charge on any atom is -0.480 e. The van der Waals surface area contributed by atoms with E-state index in [-0.39, 0.29) is 18.0 Å². The van der Waals surface area contributed by atoms with Crippen LogP contribution in [0.25, 0.3) is 0 Å². The molecule has 1 heterocycles. The minimum atomic E-state index is -1.40. The first-order chi connectivity index (χ1) is 8.60. The molecule has 0 saturated heterocycles. The van der Waals surface area contributed by atoms with Crippen molar-refractivity contribution in [2.45, 2.75) is 6.10 Å². The van der Waals surface area contributed by atoms with Crippen LogP contribution in [0.1, 0.15) is 10.4 Å². The van der Waals surface area contributed by atoms with Crippen molar-refractivity contribution in [2.24, 2.45) is 0 Å². The van der Waals surface area contributed by atoms with Crippen LogP contribution in [-0.2, 0) is 9.53 Å². The SMILES string of the molecule is COC(=O)C(O)CNC(=O)c1cccnc1OC. The van der Waals surface area contributed by atoms with Gasteiger partial charge >= 0.3 is 5.97 Å². The van der Waals surface area contributed by atoms with Crippen molar-refractivity contribution in [3.05, 3.63) is 23.9 Å². The van der Waals surface area contributed by atoms with Gasteiger partial charge in [-0.1, -0.05) is 0 Å². The molecule has 0 radical (unpaired) electrons. The molecule has 1 rings (SSSR count). The number of rotatable bonds is 5. The van der Waals surface area contributed by atoms with E-state index in [4.69, 9.17) is 4.74 Å². The number of carbonyl (C=O) groups is 2. The summed E-state index contributed by atoms with van der Waals surface area (Å²) in [4.78, 5) is 26.5. The molecule has 1 aromatic rings. The third-order valence-corrected chi connectivity index (χ3v) is 2.14. The number of nitrogens with one attached hydrogen (secondary N) is 1. The summed E-state index contributed by atoms with van der Waals surface area (Å²) in [6.07, 6.45) is 0.0837. The van der Waals surface area contributed by atoms with E-state index in [1.165, 1.54) is 19.4 Å². The second-order valence-corrected chi connectivity index (χ2v) is 3.31. The number of pyridine rings is 1. The van der Waals surface area contributed by atoms with Crippen LogP contribution >= 0.6 is 0 Å². The summed E-state index contributed by atoms with van der Waals surface area (Å²) < 4.78 is 9.23. The fraction of sp³-hybridized carbons (Fsp3) is 0.364. The average molecular weight is 254 g/mol. The highest BCUT2D eigenvalue weighted by atomic mass is 16.5. The number of amides is 1. The van der Waals surface area contributed by atoms with Gasteiger partial charge in [-0.15, -0.1) is 0 Å². The molecule has 0 fully saturated rings. The molecule has 18 heavy (non-hydrogen) atoms. The second-order valence-electron chi connectivity index (χ2n) is 3.31. The first-order valence-electron chi connectivity index (χ1n) is 5.13. The van der Waals surface area contributed by atoms with Gasteiger partial charge in [-0.25, -0.2) is 9.78 Å². The fourth-order valence-corrected chi connectivity index (χ4v) is 1.23. The molecule has 1 aromatic heterocycles. The standard InChI is InChI=1S/C11H14N2O5/c1-17-10-7(4-3-5-12-10)9(15)13-6-8(14)11(16)18-2/h3-5,8,14H,6H2,1-2H3,(H,13,15). The quantitative estimate of drug-likeness (QED) is 0.678.